The first-order valence-corrected chi connectivity index (χ1v) is 12.2. The van der Waals surface area contributed by atoms with Gasteiger partial charge in [0.25, 0.3) is 0 Å². The number of alkyl carbamates (subject to hydrolysis) is 1. The molecule has 2 aromatic carbocycles. The van der Waals surface area contributed by atoms with Gasteiger partial charge in [-0.15, -0.1) is 0 Å². The summed E-state index contributed by atoms with van der Waals surface area (Å²) in [6.07, 6.45) is 0.482. The Labute approximate surface area is 207 Å². The van der Waals surface area contributed by atoms with Crippen LogP contribution in [0.5, 0.6) is 0 Å². The van der Waals surface area contributed by atoms with Crippen LogP contribution in [-0.2, 0) is 14.3 Å². The van der Waals surface area contributed by atoms with Crippen LogP contribution >= 0.6 is 0 Å². The van der Waals surface area contributed by atoms with Gasteiger partial charge < -0.3 is 20.5 Å². The topological polar surface area (TPSA) is 105 Å². The van der Waals surface area contributed by atoms with E-state index in [0.29, 0.717) is 12.8 Å². The zero-order valence-electron chi connectivity index (χ0n) is 21.0. The monoisotopic (exact) mass is 480 g/mol. The van der Waals surface area contributed by atoms with Crippen molar-refractivity contribution in [2.24, 2.45) is 5.41 Å². The number of amides is 2. The van der Waals surface area contributed by atoms with E-state index < -0.39 is 18.1 Å². The fraction of sp³-hybridized carbons (Fsp3) is 0.464. The summed E-state index contributed by atoms with van der Waals surface area (Å²) >= 11 is 0. The molecule has 7 nitrogen and oxygen atoms in total. The van der Waals surface area contributed by atoms with Gasteiger partial charge in [-0.05, 0) is 47.4 Å². The van der Waals surface area contributed by atoms with Crippen molar-refractivity contribution in [3.63, 3.8) is 0 Å². The van der Waals surface area contributed by atoms with Crippen LogP contribution in [0.4, 0.5) is 4.79 Å². The zero-order chi connectivity index (χ0) is 25.6. The zero-order valence-corrected chi connectivity index (χ0v) is 21.0. The molecule has 0 spiro atoms. The lowest BCUT2D eigenvalue weighted by atomic mass is 9.87. The Morgan fingerprint density at radius 2 is 1.54 bits per heavy atom. The second kappa shape index (κ2) is 11.4. The number of carboxylic acids is 1. The molecule has 7 heteroatoms. The highest BCUT2D eigenvalue weighted by Gasteiger charge is 2.30. The van der Waals surface area contributed by atoms with Crippen LogP contribution in [0.25, 0.3) is 11.1 Å². The van der Waals surface area contributed by atoms with Crippen LogP contribution in [0.2, 0.25) is 0 Å². The van der Waals surface area contributed by atoms with Gasteiger partial charge in [-0.25, -0.2) is 4.79 Å². The molecule has 2 unspecified atom stereocenters. The van der Waals surface area contributed by atoms with E-state index in [2.05, 4.69) is 34.9 Å². The predicted octanol–water partition coefficient (Wildman–Crippen LogP) is 5.09. The summed E-state index contributed by atoms with van der Waals surface area (Å²) in [5.41, 5.74) is 4.49. The van der Waals surface area contributed by atoms with Crippen molar-refractivity contribution in [1.29, 1.82) is 0 Å². The first-order chi connectivity index (χ1) is 16.5. The molecule has 0 saturated carbocycles. The summed E-state index contributed by atoms with van der Waals surface area (Å²) in [6, 6.07) is 15.7. The van der Waals surface area contributed by atoms with Crippen LogP contribution in [0.15, 0.2) is 48.5 Å². The average Bonchev–Trinajstić information content (AvgIpc) is 3.09. The second-order valence-corrected chi connectivity index (χ2v) is 10.5. The number of hydrogen-bond acceptors (Lipinski definition) is 4. The van der Waals surface area contributed by atoms with Gasteiger partial charge in [0.05, 0.1) is 0 Å². The Balaban J connectivity index is 1.60. The summed E-state index contributed by atoms with van der Waals surface area (Å²) in [7, 11) is 0. The van der Waals surface area contributed by atoms with Gasteiger partial charge in [0.15, 0.2) is 0 Å². The lowest BCUT2D eigenvalue weighted by Gasteiger charge is -2.27. The number of hydrogen-bond donors (Lipinski definition) is 3. The van der Waals surface area contributed by atoms with Gasteiger partial charge in [-0.3, -0.25) is 9.59 Å². The molecule has 35 heavy (non-hydrogen) atoms. The molecule has 188 valence electrons. The highest BCUT2D eigenvalue weighted by molar-refractivity contribution is 5.79. The smallest absolute Gasteiger partial charge is 0.407 e. The minimum Gasteiger partial charge on any atom is -0.481 e. The third-order valence-electron chi connectivity index (χ3n) is 6.15. The minimum atomic E-state index is -0.895. The Kier molecular flexibility index (Phi) is 8.54. The fourth-order valence-corrected chi connectivity index (χ4v) is 4.69. The maximum Gasteiger partial charge on any atom is 0.407 e. The minimum absolute atomic E-state index is 0.00906. The Morgan fingerprint density at radius 1 is 0.971 bits per heavy atom. The van der Waals surface area contributed by atoms with E-state index in [1.807, 2.05) is 45.0 Å². The molecule has 2 atom stereocenters. The van der Waals surface area contributed by atoms with Crippen LogP contribution in [0.1, 0.15) is 70.4 Å². The first-order valence-electron chi connectivity index (χ1n) is 12.2. The number of fused-ring (bicyclic) bond motifs is 3. The number of benzene rings is 2. The third-order valence-corrected chi connectivity index (χ3v) is 6.15. The molecule has 0 radical (unpaired) electrons. The van der Waals surface area contributed by atoms with Crippen molar-refractivity contribution in [2.75, 3.05) is 6.61 Å². The molecule has 1 aliphatic carbocycles. The SMILES string of the molecule is CC(CCC(=O)O)NC(=O)CC(CC(C)(C)C)NC(=O)OCC1c2ccccc2-c2ccccc21. The molecule has 0 aliphatic heterocycles. The van der Waals surface area contributed by atoms with Gasteiger partial charge >= 0.3 is 12.1 Å². The van der Waals surface area contributed by atoms with Crippen molar-refractivity contribution in [2.45, 2.75) is 71.4 Å². The van der Waals surface area contributed by atoms with Gasteiger partial charge in [-0.2, -0.15) is 0 Å². The maximum atomic E-state index is 12.8. The lowest BCUT2D eigenvalue weighted by molar-refractivity contribution is -0.137. The van der Waals surface area contributed by atoms with E-state index in [4.69, 9.17) is 9.84 Å². The van der Waals surface area contributed by atoms with Crippen LogP contribution in [-0.4, -0.2) is 41.8 Å². The Bertz CT molecular complexity index is 1010. The third kappa shape index (κ3) is 7.57. The number of rotatable bonds is 10. The molecule has 0 aromatic heterocycles. The molecule has 0 saturated heterocycles. The molecular formula is C28H36N2O5. The fourth-order valence-electron chi connectivity index (χ4n) is 4.69. The quantitative estimate of drug-likeness (QED) is 0.439. The standard InChI is InChI=1S/C28H36N2O5/c1-18(13-14-26(32)33)29-25(31)15-19(16-28(2,3)4)30-27(34)35-17-24-22-11-7-5-9-20(22)21-10-6-8-12-23(21)24/h5-12,18-19,24H,13-17H2,1-4H3,(H,29,31)(H,30,34)(H,32,33). The van der Waals surface area contributed by atoms with Crippen molar-refractivity contribution in [3.8, 4) is 11.1 Å². The molecule has 2 amide bonds. The predicted molar refractivity (Wildman–Crippen MR) is 135 cm³/mol. The van der Waals surface area contributed by atoms with Crippen molar-refractivity contribution < 1.29 is 24.2 Å². The second-order valence-electron chi connectivity index (χ2n) is 10.5. The Hall–Kier alpha value is -3.35. The summed E-state index contributed by atoms with van der Waals surface area (Å²) < 4.78 is 5.67. The summed E-state index contributed by atoms with van der Waals surface area (Å²) in [5, 5.41) is 14.5. The van der Waals surface area contributed by atoms with E-state index in [-0.39, 0.29) is 42.7 Å². The van der Waals surface area contributed by atoms with E-state index in [1.165, 1.54) is 0 Å². The summed E-state index contributed by atoms with van der Waals surface area (Å²) in [5.74, 6) is -1.16. The van der Waals surface area contributed by atoms with Gasteiger partial charge in [0.2, 0.25) is 5.91 Å². The van der Waals surface area contributed by atoms with E-state index in [0.717, 1.165) is 22.3 Å². The largest absolute Gasteiger partial charge is 0.481 e. The molecule has 0 fully saturated rings. The number of nitrogens with one attached hydrogen (secondary N) is 2. The Morgan fingerprint density at radius 3 is 2.09 bits per heavy atom. The van der Waals surface area contributed by atoms with Crippen molar-refractivity contribution in [1.82, 2.24) is 10.6 Å². The van der Waals surface area contributed by atoms with Crippen LogP contribution in [0, 0.1) is 5.41 Å². The molecular weight excluding hydrogens is 444 g/mol. The molecule has 1 aliphatic rings. The van der Waals surface area contributed by atoms with Crippen molar-refractivity contribution >= 4 is 18.0 Å². The molecule has 3 N–H and O–H groups in total. The lowest BCUT2D eigenvalue weighted by Crippen LogP contribution is -2.43. The van der Waals surface area contributed by atoms with E-state index in [9.17, 15) is 14.4 Å². The number of carbonyl (C=O) groups excluding carboxylic acids is 2. The average molecular weight is 481 g/mol. The molecule has 2 aromatic rings. The number of carboxylic acid groups (broad SMARTS) is 1. The molecule has 0 heterocycles. The summed E-state index contributed by atoms with van der Waals surface area (Å²) in [6.45, 7) is 8.13. The number of carbonyl (C=O) groups is 3. The first kappa shape index (κ1) is 26.3. The van der Waals surface area contributed by atoms with Crippen molar-refractivity contribution in [3.05, 3.63) is 59.7 Å². The summed E-state index contributed by atoms with van der Waals surface area (Å²) in [4.78, 5) is 36.1. The molecule has 3 rings (SSSR count). The number of aliphatic carboxylic acids is 1. The normalized spacial score (nSPS) is 14.4. The number of ether oxygens (including phenoxy) is 1. The van der Waals surface area contributed by atoms with Crippen LogP contribution < -0.4 is 10.6 Å². The van der Waals surface area contributed by atoms with Gasteiger partial charge in [-0.1, -0.05) is 69.3 Å². The van der Waals surface area contributed by atoms with E-state index >= 15 is 0 Å². The van der Waals surface area contributed by atoms with Gasteiger partial charge in [0.1, 0.15) is 6.61 Å². The maximum absolute atomic E-state index is 12.8. The van der Waals surface area contributed by atoms with Crippen LogP contribution in [0.3, 0.4) is 0 Å². The van der Waals surface area contributed by atoms with E-state index in [1.54, 1.807) is 6.92 Å². The molecule has 0 bridgehead atoms. The highest BCUT2D eigenvalue weighted by atomic mass is 16.5. The highest BCUT2D eigenvalue weighted by Crippen LogP contribution is 2.44. The van der Waals surface area contributed by atoms with Gasteiger partial charge in [0, 0.05) is 30.8 Å².